The van der Waals surface area contributed by atoms with Crippen LogP contribution in [0.3, 0.4) is 0 Å². The summed E-state index contributed by atoms with van der Waals surface area (Å²) < 4.78 is 0. The maximum absolute atomic E-state index is 11.4. The van der Waals surface area contributed by atoms with Gasteiger partial charge in [0.05, 0.1) is 6.20 Å². The van der Waals surface area contributed by atoms with Crippen LogP contribution in [0.25, 0.3) is 0 Å². The number of primary amides is 1. The van der Waals surface area contributed by atoms with Gasteiger partial charge in [0.15, 0.2) is 5.82 Å². The zero-order valence-corrected chi connectivity index (χ0v) is 16.5. The minimum atomic E-state index is -0.507. The fraction of sp³-hybridized carbons (Fsp3) is 0.368. The molecule has 1 fully saturated rings. The Bertz CT molecular complexity index is 904. The van der Waals surface area contributed by atoms with Gasteiger partial charge in [-0.3, -0.25) is 9.59 Å². The lowest BCUT2D eigenvalue weighted by Crippen LogP contribution is -2.42. The highest BCUT2D eigenvalue weighted by molar-refractivity contribution is 6.32. The molecule has 148 valence electrons. The molecule has 1 aromatic heterocycles. The van der Waals surface area contributed by atoms with Crippen LogP contribution in [0.4, 0.5) is 17.5 Å². The van der Waals surface area contributed by atoms with E-state index in [9.17, 15) is 9.59 Å². The molecule has 0 unspecified atom stereocenters. The van der Waals surface area contributed by atoms with Crippen molar-refractivity contribution in [3.63, 3.8) is 0 Å². The summed E-state index contributed by atoms with van der Waals surface area (Å²) in [6, 6.07) is 5.21. The molecule has 28 heavy (non-hydrogen) atoms. The maximum Gasteiger partial charge on any atom is 0.248 e. The highest BCUT2D eigenvalue weighted by Crippen LogP contribution is 2.28. The fourth-order valence-electron chi connectivity index (χ4n) is 3.30. The average molecular weight is 403 g/mol. The number of nitrogens with one attached hydrogen (secondary N) is 3. The van der Waals surface area contributed by atoms with Gasteiger partial charge in [0.25, 0.3) is 0 Å². The molecular weight excluding hydrogens is 380 g/mol. The molecule has 2 aromatic rings. The Balaban J connectivity index is 1.79. The first-order chi connectivity index (χ1) is 13.3. The van der Waals surface area contributed by atoms with E-state index in [0.717, 1.165) is 24.8 Å². The van der Waals surface area contributed by atoms with Crippen molar-refractivity contribution >= 4 is 40.9 Å². The highest BCUT2D eigenvalue weighted by atomic mass is 35.5. The summed E-state index contributed by atoms with van der Waals surface area (Å²) in [5, 5.41) is 9.78. The lowest BCUT2D eigenvalue weighted by Gasteiger charge is -2.22. The Morgan fingerprint density at radius 2 is 2.00 bits per heavy atom. The Morgan fingerprint density at radius 3 is 2.71 bits per heavy atom. The van der Waals surface area contributed by atoms with Gasteiger partial charge in [0, 0.05) is 30.3 Å². The number of anilines is 3. The molecule has 2 amide bonds. The van der Waals surface area contributed by atoms with E-state index in [-0.39, 0.29) is 18.0 Å². The number of carbonyl (C=O) groups is 2. The van der Waals surface area contributed by atoms with Crippen LogP contribution >= 0.6 is 11.6 Å². The van der Waals surface area contributed by atoms with E-state index in [1.165, 1.54) is 13.1 Å². The predicted octanol–water partition coefficient (Wildman–Crippen LogP) is 2.75. The summed E-state index contributed by atoms with van der Waals surface area (Å²) in [5.41, 5.74) is 7.34. The molecule has 1 aliphatic carbocycles. The van der Waals surface area contributed by atoms with Gasteiger partial charge >= 0.3 is 0 Å². The molecule has 2 atom stereocenters. The molecule has 0 aliphatic heterocycles. The third kappa shape index (κ3) is 4.69. The van der Waals surface area contributed by atoms with Gasteiger partial charge in [-0.15, -0.1) is 0 Å². The Kier molecular flexibility index (Phi) is 5.99. The smallest absolute Gasteiger partial charge is 0.248 e. The van der Waals surface area contributed by atoms with Crippen LogP contribution in [0.5, 0.6) is 0 Å². The molecule has 5 N–H and O–H groups in total. The number of aryl methyl sites for hydroxylation is 1. The van der Waals surface area contributed by atoms with Crippen molar-refractivity contribution in [3.8, 4) is 0 Å². The number of hydrogen-bond acceptors (Lipinski definition) is 6. The van der Waals surface area contributed by atoms with Crippen LogP contribution in [-0.2, 0) is 4.79 Å². The summed E-state index contributed by atoms with van der Waals surface area (Å²) in [6.07, 6.45) is 4.34. The summed E-state index contributed by atoms with van der Waals surface area (Å²) in [7, 11) is 0. The fourth-order valence-corrected chi connectivity index (χ4v) is 3.45. The lowest BCUT2D eigenvalue weighted by atomic mass is 10.1. The number of aromatic nitrogens is 2. The molecule has 0 radical (unpaired) electrons. The number of amides is 2. The van der Waals surface area contributed by atoms with Gasteiger partial charge in [0.2, 0.25) is 17.8 Å². The molecule has 8 nitrogen and oxygen atoms in total. The second-order valence-corrected chi connectivity index (χ2v) is 7.31. The topological polar surface area (TPSA) is 122 Å². The normalized spacial score (nSPS) is 18.5. The van der Waals surface area contributed by atoms with Crippen LogP contribution in [0.2, 0.25) is 5.02 Å². The van der Waals surface area contributed by atoms with E-state index in [1.54, 1.807) is 18.2 Å². The van der Waals surface area contributed by atoms with Crippen LogP contribution in [-0.4, -0.2) is 33.9 Å². The summed E-state index contributed by atoms with van der Waals surface area (Å²) >= 11 is 6.27. The molecule has 0 spiro atoms. The SMILES string of the molecule is CC(=O)N[C@H]1CCC[C@@H]1Nc1nc(Nc2cc(C(N)=O)ccc2C)ncc1Cl. The van der Waals surface area contributed by atoms with Crippen molar-refractivity contribution in [1.29, 1.82) is 0 Å². The predicted molar refractivity (Wildman–Crippen MR) is 109 cm³/mol. The lowest BCUT2D eigenvalue weighted by molar-refractivity contribution is -0.119. The second-order valence-electron chi connectivity index (χ2n) is 6.90. The molecule has 1 saturated carbocycles. The molecular formula is C19H23ClN6O2. The first-order valence-electron chi connectivity index (χ1n) is 9.07. The van der Waals surface area contributed by atoms with Crippen molar-refractivity contribution in [1.82, 2.24) is 15.3 Å². The number of nitrogens with zero attached hydrogens (tertiary/aromatic N) is 2. The van der Waals surface area contributed by atoms with Crippen molar-refractivity contribution in [2.45, 2.75) is 45.2 Å². The first-order valence-corrected chi connectivity index (χ1v) is 9.45. The second kappa shape index (κ2) is 8.43. The van der Waals surface area contributed by atoms with Gasteiger partial charge in [-0.2, -0.15) is 4.98 Å². The van der Waals surface area contributed by atoms with Crippen LogP contribution in [0.1, 0.15) is 42.1 Å². The first kappa shape index (κ1) is 19.9. The Labute approximate surface area is 168 Å². The summed E-state index contributed by atoms with van der Waals surface area (Å²) in [4.78, 5) is 31.5. The zero-order chi connectivity index (χ0) is 20.3. The van der Waals surface area contributed by atoms with Crippen molar-refractivity contribution in [3.05, 3.63) is 40.5 Å². The monoisotopic (exact) mass is 402 g/mol. The van der Waals surface area contributed by atoms with E-state index in [0.29, 0.717) is 28.0 Å². The van der Waals surface area contributed by atoms with E-state index in [1.807, 2.05) is 6.92 Å². The number of benzene rings is 1. The van der Waals surface area contributed by atoms with Gasteiger partial charge < -0.3 is 21.7 Å². The molecule has 0 saturated heterocycles. The minimum absolute atomic E-state index is 0.0365. The minimum Gasteiger partial charge on any atom is -0.366 e. The van der Waals surface area contributed by atoms with Gasteiger partial charge in [-0.25, -0.2) is 4.98 Å². The van der Waals surface area contributed by atoms with Crippen molar-refractivity contribution < 1.29 is 9.59 Å². The zero-order valence-electron chi connectivity index (χ0n) is 15.8. The highest BCUT2D eigenvalue weighted by Gasteiger charge is 2.28. The number of nitrogens with two attached hydrogens (primary N) is 1. The molecule has 1 aromatic carbocycles. The third-order valence-electron chi connectivity index (χ3n) is 4.74. The number of carbonyl (C=O) groups excluding carboxylic acids is 2. The molecule has 9 heteroatoms. The third-order valence-corrected chi connectivity index (χ3v) is 5.02. The molecule has 1 aliphatic rings. The largest absolute Gasteiger partial charge is 0.366 e. The maximum atomic E-state index is 11.4. The standard InChI is InChI=1S/C19H23ClN6O2/c1-10-6-7-12(17(21)28)8-16(10)25-19-22-9-13(20)18(26-19)24-15-5-3-4-14(15)23-11(2)27/h6-9,14-15H,3-5H2,1-2H3,(H2,21,28)(H,23,27)(H2,22,24,25,26)/t14-,15-/m0/s1. The molecule has 0 bridgehead atoms. The quantitative estimate of drug-likeness (QED) is 0.589. The number of halogens is 1. The molecule has 3 rings (SSSR count). The van der Waals surface area contributed by atoms with Gasteiger partial charge in [0.1, 0.15) is 5.02 Å². The van der Waals surface area contributed by atoms with Crippen LogP contribution < -0.4 is 21.7 Å². The molecule has 1 heterocycles. The average Bonchev–Trinajstić information content (AvgIpc) is 3.05. The number of rotatable bonds is 6. The van der Waals surface area contributed by atoms with Crippen LogP contribution in [0, 0.1) is 6.92 Å². The van der Waals surface area contributed by atoms with Crippen LogP contribution in [0.15, 0.2) is 24.4 Å². The van der Waals surface area contributed by atoms with E-state index >= 15 is 0 Å². The van der Waals surface area contributed by atoms with Crippen molar-refractivity contribution in [2.75, 3.05) is 10.6 Å². The van der Waals surface area contributed by atoms with Gasteiger partial charge in [-0.1, -0.05) is 17.7 Å². The summed E-state index contributed by atoms with van der Waals surface area (Å²) in [6.45, 7) is 3.41. The summed E-state index contributed by atoms with van der Waals surface area (Å²) in [5.74, 6) is 0.267. The Hall–Kier alpha value is -2.87. The Morgan fingerprint density at radius 1 is 1.25 bits per heavy atom. The van der Waals surface area contributed by atoms with E-state index < -0.39 is 5.91 Å². The van der Waals surface area contributed by atoms with Crippen molar-refractivity contribution in [2.24, 2.45) is 5.73 Å². The van der Waals surface area contributed by atoms with E-state index in [2.05, 4.69) is 25.9 Å². The van der Waals surface area contributed by atoms with E-state index in [4.69, 9.17) is 17.3 Å². The van der Waals surface area contributed by atoms with Gasteiger partial charge in [-0.05, 0) is 43.9 Å². The number of hydrogen-bond donors (Lipinski definition) is 4.